The topological polar surface area (TPSA) is 51.4 Å². The van der Waals surface area contributed by atoms with Crippen LogP contribution >= 0.6 is 14.3 Å². The fourth-order valence-electron chi connectivity index (χ4n) is 7.25. The molecule has 0 aliphatic rings. The first-order chi connectivity index (χ1) is 24.1. The van der Waals surface area contributed by atoms with Crippen LogP contribution in [0, 0.1) is 0 Å². The molecule has 0 unspecified atom stereocenters. The standard InChI is InChI=1S/C43H30N2O2P2/c46-48(31-16-5-1-6-17-31,32-18-7-2-8-19-32)35-28-29-40-38(30-35)36-24-13-14-25-37(36)43-44-39-26-15-27-41(42(39)45(40)43)49(47,33-20-9-3-10-21-33)34-22-11-4-12-23-34/h1-30H. The van der Waals surface area contributed by atoms with Crippen LogP contribution in [0.2, 0.25) is 0 Å². The maximum absolute atomic E-state index is 15.8. The number of nitrogens with zero attached hydrogens (tertiary/aromatic N) is 2. The highest BCUT2D eigenvalue weighted by atomic mass is 31.2. The zero-order valence-corrected chi connectivity index (χ0v) is 28.2. The van der Waals surface area contributed by atoms with Crippen LogP contribution in [0.3, 0.4) is 0 Å². The zero-order chi connectivity index (χ0) is 33.0. The molecule has 9 rings (SSSR count). The summed E-state index contributed by atoms with van der Waals surface area (Å²) in [5, 5.41) is 7.53. The van der Waals surface area contributed by atoms with Gasteiger partial charge in [-0.2, -0.15) is 0 Å². The van der Waals surface area contributed by atoms with Gasteiger partial charge >= 0.3 is 0 Å². The Balaban J connectivity index is 1.42. The van der Waals surface area contributed by atoms with Gasteiger partial charge in [0.1, 0.15) is 5.65 Å². The van der Waals surface area contributed by atoms with E-state index in [1.807, 2.05) is 158 Å². The third kappa shape index (κ3) is 4.49. The first-order valence-electron chi connectivity index (χ1n) is 16.3. The van der Waals surface area contributed by atoms with Crippen molar-refractivity contribution >= 4 is 84.5 Å². The van der Waals surface area contributed by atoms with Crippen LogP contribution in [0.1, 0.15) is 0 Å². The molecular weight excluding hydrogens is 638 g/mol. The summed E-state index contributed by atoms with van der Waals surface area (Å²) < 4.78 is 33.4. The Morgan fingerprint density at radius 2 is 0.898 bits per heavy atom. The zero-order valence-electron chi connectivity index (χ0n) is 26.4. The van der Waals surface area contributed by atoms with Gasteiger partial charge in [0.25, 0.3) is 0 Å². The van der Waals surface area contributed by atoms with Gasteiger partial charge < -0.3 is 9.13 Å². The lowest BCUT2D eigenvalue weighted by atomic mass is 10.1. The van der Waals surface area contributed by atoms with Gasteiger partial charge in [0.2, 0.25) is 0 Å². The second-order valence-electron chi connectivity index (χ2n) is 12.2. The number of benzene rings is 7. The van der Waals surface area contributed by atoms with Gasteiger partial charge in [0.05, 0.1) is 16.6 Å². The van der Waals surface area contributed by atoms with E-state index < -0.39 is 14.3 Å². The van der Waals surface area contributed by atoms with Crippen molar-refractivity contribution in [2.75, 3.05) is 0 Å². The number of rotatable bonds is 6. The van der Waals surface area contributed by atoms with Gasteiger partial charge in [-0.3, -0.25) is 4.40 Å². The second kappa shape index (κ2) is 11.6. The molecule has 0 aliphatic heterocycles. The van der Waals surface area contributed by atoms with Gasteiger partial charge in [-0.1, -0.05) is 152 Å². The third-order valence-electron chi connectivity index (χ3n) is 9.52. The van der Waals surface area contributed by atoms with Crippen molar-refractivity contribution in [1.29, 1.82) is 0 Å². The molecule has 0 saturated heterocycles. The summed E-state index contributed by atoms with van der Waals surface area (Å²) in [6.45, 7) is 0. The number of hydrogen-bond donors (Lipinski definition) is 0. The Labute approximate surface area is 284 Å². The molecular formula is C43H30N2O2P2. The van der Waals surface area contributed by atoms with Crippen molar-refractivity contribution in [3.63, 3.8) is 0 Å². The normalized spacial score (nSPS) is 12.2. The van der Waals surface area contributed by atoms with Gasteiger partial charge in [-0.25, -0.2) is 4.98 Å². The molecule has 0 spiro atoms. The van der Waals surface area contributed by atoms with Crippen molar-refractivity contribution in [3.8, 4) is 0 Å². The Bertz CT molecular complexity index is 2680. The average molecular weight is 669 g/mol. The fraction of sp³-hybridized carbons (Fsp3) is 0. The molecule has 0 N–H and O–H groups in total. The average Bonchev–Trinajstić information content (AvgIpc) is 3.59. The highest BCUT2D eigenvalue weighted by Gasteiger charge is 2.34. The SMILES string of the molecule is O=P(c1ccccc1)(c1ccccc1)c1ccc2c(c1)c1ccccc1c1nc3cccc(P(=O)(c4ccccc4)c4ccccc4)c3n21. The van der Waals surface area contributed by atoms with E-state index in [1.165, 1.54) is 0 Å². The van der Waals surface area contributed by atoms with Gasteiger partial charge in [-0.15, -0.1) is 0 Å². The van der Waals surface area contributed by atoms with Crippen molar-refractivity contribution in [2.24, 2.45) is 0 Å². The molecule has 4 nitrogen and oxygen atoms in total. The van der Waals surface area contributed by atoms with Gasteiger partial charge in [0, 0.05) is 42.6 Å². The Kier molecular flexibility index (Phi) is 6.99. The molecule has 0 radical (unpaired) electrons. The van der Waals surface area contributed by atoms with Crippen LogP contribution in [-0.2, 0) is 9.13 Å². The van der Waals surface area contributed by atoms with E-state index in [2.05, 4.69) is 28.7 Å². The molecule has 0 aliphatic carbocycles. The summed E-state index contributed by atoms with van der Waals surface area (Å²) in [4.78, 5) is 5.21. The number of pyridine rings is 1. The maximum Gasteiger partial charge on any atom is 0.173 e. The van der Waals surface area contributed by atoms with Crippen molar-refractivity contribution in [2.45, 2.75) is 0 Å². The summed E-state index contributed by atoms with van der Waals surface area (Å²) in [6, 6.07) is 59.4. The quantitative estimate of drug-likeness (QED) is 0.133. The molecule has 2 aromatic heterocycles. The van der Waals surface area contributed by atoms with E-state index in [1.54, 1.807) is 0 Å². The molecule has 6 heteroatoms. The number of para-hydroxylation sites is 1. The molecule has 0 fully saturated rings. The molecule has 0 atom stereocenters. The maximum atomic E-state index is 15.8. The van der Waals surface area contributed by atoms with Gasteiger partial charge in [-0.05, 0) is 35.7 Å². The lowest BCUT2D eigenvalue weighted by Crippen LogP contribution is -2.26. The fourth-order valence-corrected chi connectivity index (χ4v) is 12.8. The first-order valence-corrected chi connectivity index (χ1v) is 19.7. The molecule has 0 bridgehead atoms. The highest BCUT2D eigenvalue weighted by molar-refractivity contribution is 7.86. The molecule has 234 valence electrons. The molecule has 7 aromatic carbocycles. The van der Waals surface area contributed by atoms with E-state index in [0.29, 0.717) is 0 Å². The van der Waals surface area contributed by atoms with Crippen LogP contribution in [-0.4, -0.2) is 9.38 Å². The molecule has 49 heavy (non-hydrogen) atoms. The van der Waals surface area contributed by atoms with E-state index in [4.69, 9.17) is 4.98 Å². The summed E-state index contributed by atoms with van der Waals surface area (Å²) in [5.41, 5.74) is 3.28. The van der Waals surface area contributed by atoms with Crippen LogP contribution in [0.25, 0.3) is 38.4 Å². The molecule has 0 saturated carbocycles. The largest absolute Gasteiger partial charge is 0.309 e. The number of hydrogen-bond acceptors (Lipinski definition) is 3. The van der Waals surface area contributed by atoms with E-state index in [0.717, 1.165) is 70.2 Å². The van der Waals surface area contributed by atoms with Crippen LogP contribution in [0.5, 0.6) is 0 Å². The Hall–Kier alpha value is -5.53. The van der Waals surface area contributed by atoms with Crippen LogP contribution in [0.15, 0.2) is 182 Å². The number of aromatic nitrogens is 2. The van der Waals surface area contributed by atoms with E-state index >= 15 is 9.13 Å². The van der Waals surface area contributed by atoms with Crippen molar-refractivity contribution in [1.82, 2.24) is 9.38 Å². The van der Waals surface area contributed by atoms with Crippen molar-refractivity contribution in [3.05, 3.63) is 182 Å². The summed E-state index contributed by atoms with van der Waals surface area (Å²) in [5.74, 6) is 0. The lowest BCUT2D eigenvalue weighted by molar-refractivity contribution is 0.591. The second-order valence-corrected chi connectivity index (χ2v) is 17.7. The Morgan fingerprint density at radius 3 is 1.45 bits per heavy atom. The molecule has 9 aromatic rings. The first kappa shape index (κ1) is 29.6. The van der Waals surface area contributed by atoms with Crippen LogP contribution < -0.4 is 31.8 Å². The van der Waals surface area contributed by atoms with Gasteiger partial charge in [0.15, 0.2) is 14.3 Å². The Morgan fingerprint density at radius 1 is 0.408 bits per heavy atom. The highest BCUT2D eigenvalue weighted by Crippen LogP contribution is 2.46. The lowest BCUT2D eigenvalue weighted by Gasteiger charge is -2.22. The minimum atomic E-state index is -3.35. The van der Waals surface area contributed by atoms with Crippen LogP contribution in [0.4, 0.5) is 0 Å². The molecule has 0 amide bonds. The van der Waals surface area contributed by atoms with E-state index in [9.17, 15) is 0 Å². The monoisotopic (exact) mass is 668 g/mol. The predicted molar refractivity (Wildman–Crippen MR) is 206 cm³/mol. The smallest absolute Gasteiger partial charge is 0.173 e. The minimum Gasteiger partial charge on any atom is -0.309 e. The minimum absolute atomic E-state index is 0.731. The molecule has 2 heterocycles. The summed E-state index contributed by atoms with van der Waals surface area (Å²) in [6.07, 6.45) is 0. The summed E-state index contributed by atoms with van der Waals surface area (Å²) in [7, 11) is -6.59. The van der Waals surface area contributed by atoms with Crippen molar-refractivity contribution < 1.29 is 9.13 Å². The summed E-state index contributed by atoms with van der Waals surface area (Å²) >= 11 is 0. The number of imidazole rings is 1. The number of fused-ring (bicyclic) bond motifs is 8. The third-order valence-corrected chi connectivity index (χ3v) is 15.7. The predicted octanol–water partition coefficient (Wildman–Crippen LogP) is 8.07. The van der Waals surface area contributed by atoms with E-state index in [-0.39, 0.29) is 0 Å².